The van der Waals surface area contributed by atoms with Gasteiger partial charge in [-0.25, -0.2) is 0 Å². The molecule has 0 bridgehead atoms. The van der Waals surface area contributed by atoms with Crippen molar-refractivity contribution in [3.63, 3.8) is 0 Å². The van der Waals surface area contributed by atoms with E-state index in [1.165, 1.54) is 112 Å². The molecule has 0 spiro atoms. The Kier molecular flexibility index (Phi) is 42.8. The third-order valence-electron chi connectivity index (χ3n) is 26.9. The van der Waals surface area contributed by atoms with Gasteiger partial charge in [-0.15, -0.1) is 0 Å². The molecule has 0 atom stereocenters. The van der Waals surface area contributed by atoms with Gasteiger partial charge in [-0.05, 0) is 277 Å². The molecule has 21 rings (SSSR count). The maximum atomic E-state index is 6.21. The summed E-state index contributed by atoms with van der Waals surface area (Å²) in [5.41, 5.74) is 10.6. The summed E-state index contributed by atoms with van der Waals surface area (Å²) in [6.07, 6.45) is 0. The quantitative estimate of drug-likeness (QED) is 0.0433. The van der Waals surface area contributed by atoms with Crippen LogP contribution in [0.15, 0.2) is 547 Å². The fourth-order valence-corrected chi connectivity index (χ4v) is 27.4. The topological polar surface area (TPSA) is 36.9 Å². The summed E-state index contributed by atoms with van der Waals surface area (Å²) in [4.78, 5) is 0. The van der Waals surface area contributed by atoms with E-state index in [4.69, 9.17) is 18.6 Å². The van der Waals surface area contributed by atoms with Gasteiger partial charge in [0.2, 0.25) is 0 Å². The molecule has 0 aromatic heterocycles. The smallest absolute Gasteiger partial charge is 0.399 e. The second kappa shape index (κ2) is 55.1. The van der Waals surface area contributed by atoms with Gasteiger partial charge >= 0.3 is 14.2 Å². The molecule has 0 aliphatic carbocycles. The van der Waals surface area contributed by atoms with Gasteiger partial charge < -0.3 is 18.6 Å². The Balaban J connectivity index is 0.000000147. The number of halogens is 4. The van der Waals surface area contributed by atoms with Gasteiger partial charge in [0.05, 0.1) is 22.4 Å². The number of benzene rings is 19. The van der Waals surface area contributed by atoms with E-state index in [1.54, 1.807) is 0 Å². The first-order chi connectivity index (χ1) is 70.6. The van der Waals surface area contributed by atoms with E-state index >= 15 is 0 Å². The zero-order chi connectivity index (χ0) is 103. The molecule has 2 aliphatic rings. The maximum absolute atomic E-state index is 6.21. The molecular weight excluding hydrogens is 2280 g/mol. The molecule has 15 heteroatoms. The molecule has 2 saturated heterocycles. The minimum absolute atomic E-state index is 0. The van der Waals surface area contributed by atoms with Crippen LogP contribution < -0.4 is 74.6 Å². The van der Waals surface area contributed by atoms with Crippen LogP contribution in [0.2, 0.25) is 0 Å². The Labute approximate surface area is 939 Å². The molecule has 0 saturated carbocycles. The number of rotatable bonds is 20. The summed E-state index contributed by atoms with van der Waals surface area (Å²) in [5, 5.41) is 16.8. The molecular formula is C133H128B2Br3IO4P4Pd. The van der Waals surface area contributed by atoms with Crippen LogP contribution in [-0.4, -0.2) is 36.6 Å². The molecule has 2 fully saturated rings. The Morgan fingerprint density at radius 2 is 0.324 bits per heavy atom. The van der Waals surface area contributed by atoms with Gasteiger partial charge in [0, 0.05) is 48.2 Å². The van der Waals surface area contributed by atoms with E-state index in [-0.39, 0.29) is 75.3 Å². The first-order valence-corrected chi connectivity index (χ1v) is 58.3. The molecule has 4 nitrogen and oxygen atoms in total. The third kappa shape index (κ3) is 31.0. The van der Waals surface area contributed by atoms with Crippen LogP contribution in [-0.2, 0) is 49.9 Å². The Morgan fingerprint density at radius 1 is 0.196 bits per heavy atom. The minimum Gasteiger partial charge on any atom is -0.399 e. The fourth-order valence-electron chi connectivity index (χ4n) is 17.0. The summed E-state index contributed by atoms with van der Waals surface area (Å²) in [6, 6.07) is 189. The second-order valence-electron chi connectivity index (χ2n) is 38.6. The SMILES string of the molecule is Brc1ccc(I)cc1.C.CC(C)(c1ccc(-c2ccc(Br)cc2)cc1)c1ccc(-c2ccc(Br)cc2)cc1.CC(C)(c1ccc(B2OC(C)(C)C(C)(C)O2)cc1)c1ccc(B2OC(C)(C)C(C)(C)O2)cc1.[Pd].c1ccc(P(c2ccccc2)c2ccccc2)cc1.c1ccc(P(c2ccccc2)c2ccccc2)cc1.c1ccc(P(c2ccccc2)c2ccccc2)cc1.c1ccc(P(c2ccccc2)c2ccccc2)cc1. The van der Waals surface area contributed by atoms with E-state index in [1.807, 2.05) is 12.1 Å². The minimum atomic E-state index is -0.446. The van der Waals surface area contributed by atoms with E-state index < -0.39 is 31.7 Å². The van der Waals surface area contributed by atoms with Crippen LogP contribution in [0.1, 0.15) is 113 Å². The van der Waals surface area contributed by atoms with E-state index in [0.29, 0.717) is 0 Å². The van der Waals surface area contributed by atoms with Crippen molar-refractivity contribution in [3.05, 3.63) is 573 Å². The second-order valence-corrected chi connectivity index (χ2v) is 51.5. The Bertz CT molecular complexity index is 6060. The molecule has 0 radical (unpaired) electrons. The predicted octanol–water partition coefficient (Wildman–Crippen LogP) is 30.9. The van der Waals surface area contributed by atoms with Crippen molar-refractivity contribution < 1.29 is 39.0 Å². The van der Waals surface area contributed by atoms with Crippen LogP contribution in [0.25, 0.3) is 22.3 Å². The standard InChI is InChI=1S/C27H38B2O4.C27H22Br2.4C18H15P.C6H4BrI.CH4.Pd/c1-23(2,19-11-15-21(16-12-19)28-30-24(3,4)25(5,6)31-28)20-13-17-22(18-14-20)29-32-26(7,8)27(9,10)33-29;1-27(2,23-11-3-19(4-12-23)21-7-15-25(28)16-8-21)24-13-5-20(6-14-24)22-9-17-26(29)18-10-22;4*1-4-10-16(11-5-1)19(17-12-6-2-7-13-17)18-14-8-3-9-15-18;7-5-1-3-6(8)4-2-5;;/h11-18H,1-10H3;3-18H,1-2H3;4*1-15H;1-4H;1H4;. The molecule has 0 unspecified atom stereocenters. The molecule has 2 aliphatic heterocycles. The van der Waals surface area contributed by atoms with Crippen LogP contribution >= 0.6 is 102 Å². The van der Waals surface area contributed by atoms with Crippen LogP contribution in [0.3, 0.4) is 0 Å². The Morgan fingerprint density at radius 3 is 0.466 bits per heavy atom. The molecule has 148 heavy (non-hydrogen) atoms. The van der Waals surface area contributed by atoms with Crippen LogP contribution in [0, 0.1) is 3.57 Å². The van der Waals surface area contributed by atoms with Crippen molar-refractivity contribution in [2.75, 3.05) is 0 Å². The van der Waals surface area contributed by atoms with Crippen molar-refractivity contribution >= 4 is 191 Å². The van der Waals surface area contributed by atoms with Crippen molar-refractivity contribution in [2.24, 2.45) is 0 Å². The first-order valence-electron chi connectivity index (χ1n) is 49.5. The number of hydrogen-bond acceptors (Lipinski definition) is 4. The van der Waals surface area contributed by atoms with Crippen molar-refractivity contribution in [1.29, 1.82) is 0 Å². The van der Waals surface area contributed by atoms with Crippen LogP contribution in [0.5, 0.6) is 0 Å². The summed E-state index contributed by atoms with van der Waals surface area (Å²) in [7, 11) is -2.47. The van der Waals surface area contributed by atoms with E-state index in [0.717, 1.165) is 24.3 Å². The predicted molar refractivity (Wildman–Crippen MR) is 662 cm³/mol. The summed E-state index contributed by atoms with van der Waals surface area (Å²) in [6.45, 7) is 25.7. The average molecular weight is 2410 g/mol. The zero-order valence-electron chi connectivity index (χ0n) is 85.2. The molecule has 19 aromatic carbocycles. The van der Waals surface area contributed by atoms with Gasteiger partial charge in [0.25, 0.3) is 0 Å². The van der Waals surface area contributed by atoms with Gasteiger partial charge in [0.1, 0.15) is 0 Å². The third-order valence-corrected chi connectivity index (χ3v) is 38.9. The molecule has 0 N–H and O–H groups in total. The normalized spacial score (nSPS) is 13.4. The van der Waals surface area contributed by atoms with Crippen molar-refractivity contribution in [1.82, 2.24) is 0 Å². The van der Waals surface area contributed by atoms with Gasteiger partial charge in [-0.1, -0.05) is 568 Å². The largest absolute Gasteiger partial charge is 0.494 e. The zero-order valence-corrected chi connectivity index (χ0v) is 97.3. The van der Waals surface area contributed by atoms with E-state index in [2.05, 4.69) is 675 Å². The van der Waals surface area contributed by atoms with Gasteiger partial charge in [0.15, 0.2) is 0 Å². The molecule has 0 amide bonds. The fraction of sp³-hybridized carbons (Fsp3) is 0.143. The Hall–Kier alpha value is -10.3. The molecule has 19 aromatic rings. The van der Waals surface area contributed by atoms with Crippen molar-refractivity contribution in [2.45, 2.75) is 124 Å². The van der Waals surface area contributed by atoms with Gasteiger partial charge in [-0.2, -0.15) is 0 Å². The molecule has 748 valence electrons. The van der Waals surface area contributed by atoms with Gasteiger partial charge in [-0.3, -0.25) is 0 Å². The average Bonchev–Trinajstić information content (AvgIpc) is 1.63. The first kappa shape index (κ1) is 115. The van der Waals surface area contributed by atoms with E-state index in [9.17, 15) is 0 Å². The number of hydrogen-bond donors (Lipinski definition) is 0. The van der Waals surface area contributed by atoms with Crippen molar-refractivity contribution in [3.8, 4) is 22.3 Å². The van der Waals surface area contributed by atoms with Crippen LogP contribution in [0.4, 0.5) is 0 Å². The summed E-state index contributed by atoms with van der Waals surface area (Å²) in [5.74, 6) is 0. The molecule has 2 heterocycles. The monoisotopic (exact) mass is 2400 g/mol. The summed E-state index contributed by atoms with van der Waals surface area (Å²) >= 11 is 12.6. The maximum Gasteiger partial charge on any atom is 0.494 e. The summed E-state index contributed by atoms with van der Waals surface area (Å²) < 4.78 is 29.4.